The molecular weight excluding hydrogens is 120 g/mol. The minimum Gasteiger partial charge on any atom is -0.103 e. The molecule has 1 radical (unpaired) electrons. The Morgan fingerprint density at radius 1 is 1.00 bits per heavy atom. The fourth-order valence-electron chi connectivity index (χ4n) is 0.904. The van der Waals surface area contributed by atoms with E-state index in [4.69, 9.17) is 6.58 Å². The van der Waals surface area contributed by atoms with E-state index in [-0.39, 0.29) is 0 Å². The van der Waals surface area contributed by atoms with Crippen molar-refractivity contribution >= 4 is 0 Å². The molecule has 0 saturated carbocycles. The lowest BCUT2D eigenvalue weighted by atomic mass is 10.1. The predicted octanol–water partition coefficient (Wildman–Crippen LogP) is 3.50. The molecule has 0 aromatic heterocycles. The van der Waals surface area contributed by atoms with Gasteiger partial charge in [0.25, 0.3) is 0 Å². The second-order valence-corrected chi connectivity index (χ2v) is 2.52. The van der Waals surface area contributed by atoms with Crippen LogP contribution in [0, 0.1) is 6.58 Å². The van der Waals surface area contributed by atoms with Gasteiger partial charge in [-0.2, -0.15) is 0 Å². The normalized spacial score (nSPS) is 9.20. The third kappa shape index (κ3) is 7.48. The Bertz CT molecular complexity index is 70.0. The van der Waals surface area contributed by atoms with Gasteiger partial charge in [-0.3, -0.25) is 0 Å². The molecule has 0 spiro atoms. The highest BCUT2D eigenvalue weighted by Crippen LogP contribution is 2.05. The van der Waals surface area contributed by atoms with Crippen molar-refractivity contribution in [2.45, 2.75) is 38.5 Å². The van der Waals surface area contributed by atoms with Crippen molar-refractivity contribution in [1.29, 1.82) is 0 Å². The molecule has 0 nitrogen and oxygen atoms in total. The largest absolute Gasteiger partial charge is 0.103 e. The highest BCUT2D eigenvalue weighted by atomic mass is 13.9. The van der Waals surface area contributed by atoms with Crippen molar-refractivity contribution in [2.75, 3.05) is 0 Å². The first-order chi connectivity index (χ1) is 4.91. The van der Waals surface area contributed by atoms with Gasteiger partial charge in [0.1, 0.15) is 0 Å². The Hall–Kier alpha value is -0.520. The lowest BCUT2D eigenvalue weighted by Gasteiger charge is -1.95. The summed E-state index contributed by atoms with van der Waals surface area (Å²) in [6.07, 6.45) is 11.1. The Morgan fingerprint density at radius 2 is 1.60 bits per heavy atom. The summed E-state index contributed by atoms with van der Waals surface area (Å²) in [5.74, 6) is 0. The van der Waals surface area contributed by atoms with Crippen molar-refractivity contribution in [3.63, 3.8) is 0 Å². The highest BCUT2D eigenvalue weighted by molar-refractivity contribution is 4.66. The lowest BCUT2D eigenvalue weighted by Crippen LogP contribution is -1.75. The zero-order valence-corrected chi connectivity index (χ0v) is 6.68. The van der Waals surface area contributed by atoms with Crippen LogP contribution in [-0.4, -0.2) is 0 Å². The van der Waals surface area contributed by atoms with Crippen LogP contribution < -0.4 is 0 Å². The molecule has 0 aromatic rings. The summed E-state index contributed by atoms with van der Waals surface area (Å²) in [4.78, 5) is 0. The molecule has 0 saturated heterocycles. The topological polar surface area (TPSA) is 0 Å². The summed E-state index contributed by atoms with van der Waals surface area (Å²) < 4.78 is 0. The molecule has 0 fully saturated rings. The smallest absolute Gasteiger partial charge is 0.0348 e. The van der Waals surface area contributed by atoms with E-state index in [1.165, 1.54) is 25.7 Å². The molecule has 0 aliphatic carbocycles. The van der Waals surface area contributed by atoms with Crippen molar-refractivity contribution in [3.8, 4) is 0 Å². The molecule has 0 aromatic carbocycles. The van der Waals surface area contributed by atoms with E-state index in [1.54, 1.807) is 6.08 Å². The van der Waals surface area contributed by atoms with Crippen LogP contribution in [0.3, 0.4) is 0 Å². The Kier molecular flexibility index (Phi) is 8.04. The Labute approximate surface area is 64.6 Å². The van der Waals surface area contributed by atoms with E-state index >= 15 is 0 Å². The van der Waals surface area contributed by atoms with Crippen LogP contribution in [0.15, 0.2) is 18.7 Å². The predicted molar refractivity (Wildman–Crippen MR) is 46.8 cm³/mol. The van der Waals surface area contributed by atoms with Crippen LogP contribution in [0.5, 0.6) is 0 Å². The van der Waals surface area contributed by atoms with Crippen LogP contribution in [-0.2, 0) is 0 Å². The molecule has 0 heterocycles. The first-order valence-corrected chi connectivity index (χ1v) is 4.06. The molecule has 0 heteroatoms. The van der Waals surface area contributed by atoms with E-state index in [1.807, 2.05) is 6.08 Å². The minimum atomic E-state index is 1.06. The van der Waals surface area contributed by atoms with Gasteiger partial charge in [-0.15, -0.1) is 6.58 Å². The molecule has 0 unspecified atom stereocenters. The summed E-state index contributed by atoms with van der Waals surface area (Å²) in [5.41, 5.74) is 0. The number of unbranched alkanes of at least 4 members (excludes halogenated alkanes) is 5. The molecule has 0 bridgehead atoms. The van der Waals surface area contributed by atoms with Crippen LogP contribution in [0.1, 0.15) is 38.5 Å². The number of hydrogen-bond donors (Lipinski definition) is 0. The average molecular weight is 137 g/mol. The van der Waals surface area contributed by atoms with Crippen molar-refractivity contribution in [2.24, 2.45) is 0 Å². The first kappa shape index (κ1) is 9.48. The maximum Gasteiger partial charge on any atom is -0.0348 e. The van der Waals surface area contributed by atoms with E-state index in [0.29, 0.717) is 0 Å². The van der Waals surface area contributed by atoms with Crippen LogP contribution >= 0.6 is 0 Å². The van der Waals surface area contributed by atoms with E-state index in [9.17, 15) is 0 Å². The first-order valence-electron chi connectivity index (χ1n) is 4.06. The molecule has 0 amide bonds. The molecule has 0 atom stereocenters. The summed E-state index contributed by atoms with van der Waals surface area (Å²) in [6, 6.07) is 0. The molecule has 0 aliphatic rings. The van der Waals surface area contributed by atoms with E-state index in [2.05, 4.69) is 6.58 Å². The van der Waals surface area contributed by atoms with Gasteiger partial charge in [-0.25, -0.2) is 0 Å². The van der Waals surface area contributed by atoms with Crippen LogP contribution in [0.25, 0.3) is 0 Å². The molecule has 0 aliphatic heterocycles. The maximum atomic E-state index is 5.23. The zero-order valence-electron chi connectivity index (χ0n) is 6.68. The van der Waals surface area contributed by atoms with Gasteiger partial charge < -0.3 is 0 Å². The Morgan fingerprint density at radius 3 is 2.10 bits per heavy atom. The van der Waals surface area contributed by atoms with Crippen LogP contribution in [0.4, 0.5) is 0 Å². The van der Waals surface area contributed by atoms with E-state index < -0.39 is 0 Å². The maximum absolute atomic E-state index is 5.23. The zero-order chi connectivity index (χ0) is 7.66. The number of hydrogen-bond acceptors (Lipinski definition) is 0. The third-order valence-corrected chi connectivity index (χ3v) is 1.53. The second kappa shape index (κ2) is 8.48. The standard InChI is InChI=1S/C10H17/c1-3-5-7-9-10-8-6-4-2/h1,3-4H,2,5-10H2. The molecule has 10 heavy (non-hydrogen) atoms. The van der Waals surface area contributed by atoms with Gasteiger partial charge in [0, 0.05) is 0 Å². The molecular formula is C10H17. The van der Waals surface area contributed by atoms with Crippen LogP contribution in [0.2, 0.25) is 0 Å². The van der Waals surface area contributed by atoms with E-state index in [0.717, 1.165) is 12.8 Å². The quantitative estimate of drug-likeness (QED) is 0.372. The molecule has 57 valence electrons. The molecule has 0 N–H and O–H groups in total. The number of rotatable bonds is 7. The van der Waals surface area contributed by atoms with Gasteiger partial charge in [0.2, 0.25) is 0 Å². The van der Waals surface area contributed by atoms with Gasteiger partial charge in [-0.05, 0) is 25.7 Å². The number of allylic oxidation sites excluding steroid dienone is 2. The van der Waals surface area contributed by atoms with Crippen molar-refractivity contribution < 1.29 is 0 Å². The van der Waals surface area contributed by atoms with Gasteiger partial charge >= 0.3 is 0 Å². The second-order valence-electron chi connectivity index (χ2n) is 2.52. The minimum absolute atomic E-state index is 1.06. The highest BCUT2D eigenvalue weighted by Gasteiger charge is 1.85. The lowest BCUT2D eigenvalue weighted by molar-refractivity contribution is 0.653. The molecule has 0 rings (SSSR count). The average Bonchev–Trinajstić information content (AvgIpc) is 1.97. The third-order valence-electron chi connectivity index (χ3n) is 1.53. The Balaban J connectivity index is 2.76. The summed E-state index contributed by atoms with van der Waals surface area (Å²) >= 11 is 0. The van der Waals surface area contributed by atoms with Gasteiger partial charge in [0.15, 0.2) is 0 Å². The van der Waals surface area contributed by atoms with Gasteiger partial charge in [0.05, 0.1) is 0 Å². The monoisotopic (exact) mass is 137 g/mol. The fourth-order valence-corrected chi connectivity index (χ4v) is 0.904. The van der Waals surface area contributed by atoms with Gasteiger partial charge in [-0.1, -0.05) is 31.6 Å². The van der Waals surface area contributed by atoms with Crippen molar-refractivity contribution in [3.05, 3.63) is 25.3 Å². The SMILES string of the molecule is [CH]=CCCCCCCC=C. The summed E-state index contributed by atoms with van der Waals surface area (Å²) in [6.45, 7) is 8.90. The summed E-state index contributed by atoms with van der Waals surface area (Å²) in [7, 11) is 0. The summed E-state index contributed by atoms with van der Waals surface area (Å²) in [5, 5.41) is 0. The fraction of sp³-hybridized carbons (Fsp3) is 0.600. The van der Waals surface area contributed by atoms with Crippen molar-refractivity contribution in [1.82, 2.24) is 0 Å².